The first-order chi connectivity index (χ1) is 8.35. The second-order valence-corrected chi connectivity index (χ2v) is 3.55. The van der Waals surface area contributed by atoms with Crippen molar-refractivity contribution in [2.75, 3.05) is 7.11 Å². The van der Waals surface area contributed by atoms with Gasteiger partial charge in [-0.3, -0.25) is 0 Å². The molecule has 1 aromatic heterocycles. The molecule has 0 N–H and O–H groups in total. The van der Waals surface area contributed by atoms with Crippen LogP contribution >= 0.6 is 0 Å². The second kappa shape index (κ2) is 5.13. The summed E-state index contributed by atoms with van der Waals surface area (Å²) >= 11 is 0. The highest BCUT2D eigenvalue weighted by Gasteiger charge is 2.08. The van der Waals surface area contributed by atoms with Gasteiger partial charge in [0.15, 0.2) is 0 Å². The number of ether oxygens (including phenoxy) is 1. The standard InChI is InChI=1S/C14H12N2O/c1-17-13-8-7-12(9-10-15)16-14(13)11-5-3-2-4-6-11/h2-8H,9H2,1H3. The molecule has 0 radical (unpaired) electrons. The molecule has 0 aliphatic carbocycles. The molecular weight excluding hydrogens is 212 g/mol. The van der Waals surface area contributed by atoms with Gasteiger partial charge >= 0.3 is 0 Å². The van der Waals surface area contributed by atoms with Crippen molar-refractivity contribution in [2.45, 2.75) is 6.42 Å². The Labute approximate surface area is 100 Å². The van der Waals surface area contributed by atoms with Gasteiger partial charge in [-0.15, -0.1) is 0 Å². The summed E-state index contributed by atoms with van der Waals surface area (Å²) in [6, 6.07) is 15.6. The molecular formula is C14H12N2O. The summed E-state index contributed by atoms with van der Waals surface area (Å²) in [6.45, 7) is 0. The quantitative estimate of drug-likeness (QED) is 0.805. The van der Waals surface area contributed by atoms with Gasteiger partial charge in [0, 0.05) is 5.56 Å². The maximum absolute atomic E-state index is 8.69. The number of benzene rings is 1. The Kier molecular flexibility index (Phi) is 3.37. The largest absolute Gasteiger partial charge is 0.494 e. The lowest BCUT2D eigenvalue weighted by molar-refractivity contribution is 0.414. The summed E-state index contributed by atoms with van der Waals surface area (Å²) in [5.74, 6) is 0.720. The van der Waals surface area contributed by atoms with E-state index in [2.05, 4.69) is 11.1 Å². The van der Waals surface area contributed by atoms with Gasteiger partial charge in [-0.25, -0.2) is 4.98 Å². The predicted octanol–water partition coefficient (Wildman–Crippen LogP) is 2.82. The average molecular weight is 224 g/mol. The van der Waals surface area contributed by atoms with Gasteiger partial charge in [0.05, 0.1) is 25.3 Å². The molecule has 0 saturated carbocycles. The highest BCUT2D eigenvalue weighted by atomic mass is 16.5. The molecule has 0 spiro atoms. The number of nitrogens with zero attached hydrogens (tertiary/aromatic N) is 2. The Morgan fingerprint density at radius 3 is 2.59 bits per heavy atom. The van der Waals surface area contributed by atoms with Crippen molar-refractivity contribution in [1.29, 1.82) is 5.26 Å². The smallest absolute Gasteiger partial charge is 0.145 e. The molecule has 84 valence electrons. The van der Waals surface area contributed by atoms with Crippen LogP contribution in [0.25, 0.3) is 11.3 Å². The fourth-order valence-corrected chi connectivity index (χ4v) is 1.63. The molecule has 1 heterocycles. The zero-order chi connectivity index (χ0) is 12.1. The van der Waals surface area contributed by atoms with Crippen molar-refractivity contribution < 1.29 is 4.74 Å². The fraction of sp³-hybridized carbons (Fsp3) is 0.143. The van der Waals surface area contributed by atoms with Crippen molar-refractivity contribution in [3.8, 4) is 23.1 Å². The van der Waals surface area contributed by atoms with Crippen molar-refractivity contribution in [1.82, 2.24) is 4.98 Å². The first kappa shape index (κ1) is 11.2. The van der Waals surface area contributed by atoms with Gasteiger partial charge in [0.2, 0.25) is 0 Å². The molecule has 17 heavy (non-hydrogen) atoms. The predicted molar refractivity (Wildman–Crippen MR) is 65.5 cm³/mol. The molecule has 0 atom stereocenters. The molecule has 0 bridgehead atoms. The SMILES string of the molecule is COc1ccc(CC#N)nc1-c1ccccc1. The van der Waals surface area contributed by atoms with Crippen LogP contribution in [0.2, 0.25) is 0 Å². The highest BCUT2D eigenvalue weighted by molar-refractivity contribution is 5.66. The Morgan fingerprint density at radius 2 is 1.94 bits per heavy atom. The van der Waals surface area contributed by atoms with E-state index < -0.39 is 0 Å². The van der Waals surface area contributed by atoms with Crippen LogP contribution in [0.1, 0.15) is 5.69 Å². The zero-order valence-corrected chi connectivity index (χ0v) is 9.55. The molecule has 0 saturated heterocycles. The number of rotatable bonds is 3. The van der Waals surface area contributed by atoms with E-state index in [1.807, 2.05) is 42.5 Å². The fourth-order valence-electron chi connectivity index (χ4n) is 1.63. The summed E-state index contributed by atoms with van der Waals surface area (Å²) in [4.78, 5) is 4.46. The van der Waals surface area contributed by atoms with E-state index in [9.17, 15) is 0 Å². The van der Waals surface area contributed by atoms with E-state index in [1.165, 1.54) is 0 Å². The van der Waals surface area contributed by atoms with Crippen molar-refractivity contribution in [3.63, 3.8) is 0 Å². The molecule has 0 aliphatic rings. The van der Waals surface area contributed by atoms with Crippen LogP contribution in [0.15, 0.2) is 42.5 Å². The Balaban J connectivity index is 2.51. The van der Waals surface area contributed by atoms with Crippen LogP contribution < -0.4 is 4.74 Å². The molecule has 0 unspecified atom stereocenters. The number of hydrogen-bond acceptors (Lipinski definition) is 3. The zero-order valence-electron chi connectivity index (χ0n) is 9.55. The highest BCUT2D eigenvalue weighted by Crippen LogP contribution is 2.27. The van der Waals surface area contributed by atoms with Gasteiger partial charge in [-0.2, -0.15) is 5.26 Å². The minimum absolute atomic E-state index is 0.309. The maximum atomic E-state index is 8.69. The number of pyridine rings is 1. The molecule has 2 rings (SSSR count). The van der Waals surface area contributed by atoms with Crippen molar-refractivity contribution in [3.05, 3.63) is 48.2 Å². The van der Waals surface area contributed by atoms with Gasteiger partial charge in [0.25, 0.3) is 0 Å². The summed E-state index contributed by atoms with van der Waals surface area (Å²) in [5.41, 5.74) is 2.53. The average Bonchev–Trinajstić information content (AvgIpc) is 2.40. The van der Waals surface area contributed by atoms with Gasteiger partial charge in [0.1, 0.15) is 11.4 Å². The van der Waals surface area contributed by atoms with Crippen LogP contribution in [0.3, 0.4) is 0 Å². The van der Waals surface area contributed by atoms with Crippen LogP contribution in [0.4, 0.5) is 0 Å². The molecule has 0 amide bonds. The summed E-state index contributed by atoms with van der Waals surface area (Å²) < 4.78 is 5.29. The monoisotopic (exact) mass is 224 g/mol. The lowest BCUT2D eigenvalue weighted by Gasteiger charge is -2.08. The number of nitriles is 1. The van der Waals surface area contributed by atoms with Crippen molar-refractivity contribution in [2.24, 2.45) is 0 Å². The maximum Gasteiger partial charge on any atom is 0.145 e. The Morgan fingerprint density at radius 1 is 1.18 bits per heavy atom. The molecule has 1 aromatic carbocycles. The normalized spacial score (nSPS) is 9.65. The molecule has 2 aromatic rings. The van der Waals surface area contributed by atoms with E-state index in [-0.39, 0.29) is 0 Å². The first-order valence-electron chi connectivity index (χ1n) is 5.31. The Hall–Kier alpha value is -2.34. The second-order valence-electron chi connectivity index (χ2n) is 3.55. The third-order valence-corrected chi connectivity index (χ3v) is 2.44. The third-order valence-electron chi connectivity index (χ3n) is 2.44. The summed E-state index contributed by atoms with van der Waals surface area (Å²) in [5, 5.41) is 8.69. The van der Waals surface area contributed by atoms with Gasteiger partial charge < -0.3 is 4.74 Å². The van der Waals surface area contributed by atoms with Crippen LogP contribution in [0.5, 0.6) is 5.75 Å². The van der Waals surface area contributed by atoms with Crippen LogP contribution in [0, 0.1) is 11.3 Å². The minimum atomic E-state index is 0.309. The van der Waals surface area contributed by atoms with E-state index in [0.717, 1.165) is 22.7 Å². The lowest BCUT2D eigenvalue weighted by atomic mass is 10.1. The van der Waals surface area contributed by atoms with Crippen LogP contribution in [-0.4, -0.2) is 12.1 Å². The van der Waals surface area contributed by atoms with Gasteiger partial charge in [-0.05, 0) is 12.1 Å². The van der Waals surface area contributed by atoms with E-state index in [1.54, 1.807) is 7.11 Å². The lowest BCUT2D eigenvalue weighted by Crippen LogP contribution is -1.95. The van der Waals surface area contributed by atoms with E-state index in [4.69, 9.17) is 10.00 Å². The molecule has 3 nitrogen and oxygen atoms in total. The summed E-state index contributed by atoms with van der Waals surface area (Å²) in [6.07, 6.45) is 0.309. The van der Waals surface area contributed by atoms with Gasteiger partial charge in [-0.1, -0.05) is 30.3 Å². The molecule has 3 heteroatoms. The number of aromatic nitrogens is 1. The Bertz CT molecular complexity index is 544. The first-order valence-corrected chi connectivity index (χ1v) is 5.31. The summed E-state index contributed by atoms with van der Waals surface area (Å²) in [7, 11) is 1.62. The minimum Gasteiger partial charge on any atom is -0.494 e. The number of hydrogen-bond donors (Lipinski definition) is 0. The topological polar surface area (TPSA) is 45.9 Å². The van der Waals surface area contributed by atoms with Crippen molar-refractivity contribution >= 4 is 0 Å². The molecule has 0 aliphatic heterocycles. The van der Waals surface area contributed by atoms with E-state index in [0.29, 0.717) is 6.42 Å². The number of methoxy groups -OCH3 is 1. The van der Waals surface area contributed by atoms with Crippen LogP contribution in [-0.2, 0) is 6.42 Å². The third kappa shape index (κ3) is 2.43. The molecule has 0 fully saturated rings. The van der Waals surface area contributed by atoms with E-state index >= 15 is 0 Å².